The van der Waals surface area contributed by atoms with Gasteiger partial charge in [0.2, 0.25) is 5.91 Å². The molecule has 1 fully saturated rings. The summed E-state index contributed by atoms with van der Waals surface area (Å²) in [5.41, 5.74) is 1.42. The molecule has 1 amide bonds. The first-order valence-electron chi connectivity index (χ1n) is 10.9. The maximum Gasteiger partial charge on any atom is 0.264 e. The van der Waals surface area contributed by atoms with Crippen LogP contribution < -0.4 is 13.9 Å². The van der Waals surface area contributed by atoms with E-state index in [1.54, 1.807) is 48.4 Å². The van der Waals surface area contributed by atoms with E-state index in [0.717, 1.165) is 15.9 Å². The minimum atomic E-state index is -3.93. The molecular weight excluding hydrogens is 518 g/mol. The van der Waals surface area contributed by atoms with Gasteiger partial charge in [0.05, 0.1) is 23.4 Å². The first-order valence-corrected chi connectivity index (χ1v) is 13.1. The number of para-hydroxylation sites is 2. The van der Waals surface area contributed by atoms with Crippen LogP contribution in [0.2, 0.25) is 0 Å². The number of hydrogen-bond acceptors (Lipinski definition) is 5. The second-order valence-corrected chi connectivity index (χ2v) is 10.6. The van der Waals surface area contributed by atoms with Crippen molar-refractivity contribution in [3.05, 3.63) is 83.3 Å². The van der Waals surface area contributed by atoms with E-state index in [2.05, 4.69) is 20.8 Å². The highest BCUT2D eigenvalue weighted by atomic mass is 79.9. The molecular formula is C25H26BrN3O4S. The Morgan fingerprint density at radius 3 is 2.29 bits per heavy atom. The fraction of sp³-hybridized carbons (Fsp3) is 0.240. The van der Waals surface area contributed by atoms with Gasteiger partial charge >= 0.3 is 0 Å². The molecule has 0 radical (unpaired) electrons. The number of methoxy groups -OCH3 is 1. The first-order chi connectivity index (χ1) is 16.4. The van der Waals surface area contributed by atoms with Crippen LogP contribution in [0.1, 0.15) is 0 Å². The largest absolute Gasteiger partial charge is 0.495 e. The predicted molar refractivity (Wildman–Crippen MR) is 137 cm³/mol. The minimum Gasteiger partial charge on any atom is -0.495 e. The minimum absolute atomic E-state index is 0.142. The third-order valence-electron chi connectivity index (χ3n) is 5.76. The Kier molecular flexibility index (Phi) is 7.43. The normalized spacial score (nSPS) is 14.1. The molecule has 0 aromatic heterocycles. The van der Waals surface area contributed by atoms with Crippen molar-refractivity contribution >= 4 is 43.2 Å². The molecule has 4 rings (SSSR count). The van der Waals surface area contributed by atoms with Gasteiger partial charge in [-0.1, -0.05) is 52.3 Å². The van der Waals surface area contributed by atoms with E-state index in [9.17, 15) is 13.2 Å². The van der Waals surface area contributed by atoms with Gasteiger partial charge in [-0.05, 0) is 42.5 Å². The fourth-order valence-corrected chi connectivity index (χ4v) is 5.79. The molecule has 7 nitrogen and oxygen atoms in total. The maximum atomic E-state index is 13.5. The summed E-state index contributed by atoms with van der Waals surface area (Å²) in [5, 5.41) is 0. The Morgan fingerprint density at radius 1 is 0.941 bits per heavy atom. The van der Waals surface area contributed by atoms with Gasteiger partial charge in [-0.15, -0.1) is 0 Å². The second-order valence-electron chi connectivity index (χ2n) is 7.84. The van der Waals surface area contributed by atoms with Crippen LogP contribution >= 0.6 is 15.9 Å². The number of rotatable bonds is 7. The van der Waals surface area contributed by atoms with E-state index >= 15 is 0 Å². The number of nitrogens with zero attached hydrogens (tertiary/aromatic N) is 3. The van der Waals surface area contributed by atoms with Gasteiger partial charge in [-0.25, -0.2) is 8.42 Å². The summed E-state index contributed by atoms with van der Waals surface area (Å²) in [5.74, 6) is 0.552. The van der Waals surface area contributed by atoms with Crippen molar-refractivity contribution in [1.82, 2.24) is 4.90 Å². The number of piperazine rings is 1. The van der Waals surface area contributed by atoms with Gasteiger partial charge in [0, 0.05) is 30.7 Å². The summed E-state index contributed by atoms with van der Waals surface area (Å²) in [6.45, 7) is 1.98. The van der Waals surface area contributed by atoms with Crippen molar-refractivity contribution in [3.8, 4) is 5.75 Å². The zero-order valence-electron chi connectivity index (χ0n) is 18.8. The quantitative estimate of drug-likeness (QED) is 0.450. The average molecular weight is 544 g/mol. The van der Waals surface area contributed by atoms with Crippen LogP contribution in [0.15, 0.2) is 88.2 Å². The Labute approximate surface area is 208 Å². The molecule has 1 aliphatic rings. The van der Waals surface area contributed by atoms with Crippen LogP contribution in [0.5, 0.6) is 5.75 Å². The van der Waals surface area contributed by atoms with Gasteiger partial charge in [0.25, 0.3) is 10.0 Å². The standard InChI is InChI=1S/C25H26BrN3O4S/c1-33-24-13-6-5-12-23(24)27-14-16-28(17-15-27)25(30)19-29(21-9-7-8-20(26)18-21)34(31,32)22-10-3-2-4-11-22/h2-13,18H,14-17,19H2,1H3. The van der Waals surface area contributed by atoms with Crippen molar-refractivity contribution in [2.75, 3.05) is 49.0 Å². The van der Waals surface area contributed by atoms with Gasteiger partial charge in [-0.2, -0.15) is 0 Å². The molecule has 3 aromatic carbocycles. The molecule has 0 atom stereocenters. The molecule has 34 heavy (non-hydrogen) atoms. The Bertz CT molecular complexity index is 1250. The Hall–Kier alpha value is -3.04. The highest BCUT2D eigenvalue weighted by molar-refractivity contribution is 9.10. The molecule has 1 saturated heterocycles. The van der Waals surface area contributed by atoms with Crippen LogP contribution in [-0.2, 0) is 14.8 Å². The van der Waals surface area contributed by atoms with Crippen molar-refractivity contribution < 1.29 is 17.9 Å². The molecule has 0 unspecified atom stereocenters. The zero-order valence-corrected chi connectivity index (χ0v) is 21.2. The fourth-order valence-electron chi connectivity index (χ4n) is 3.98. The third kappa shape index (κ3) is 5.20. The second kappa shape index (κ2) is 10.5. The summed E-state index contributed by atoms with van der Waals surface area (Å²) in [6, 6.07) is 22.9. The average Bonchev–Trinajstić information content (AvgIpc) is 2.87. The van der Waals surface area contributed by atoms with E-state index < -0.39 is 10.0 Å². The Morgan fingerprint density at radius 2 is 1.62 bits per heavy atom. The summed E-state index contributed by atoms with van der Waals surface area (Å²) in [4.78, 5) is 17.3. The van der Waals surface area contributed by atoms with Crippen molar-refractivity contribution in [3.63, 3.8) is 0 Å². The molecule has 0 saturated carbocycles. The number of hydrogen-bond donors (Lipinski definition) is 0. The molecule has 1 aliphatic heterocycles. The lowest BCUT2D eigenvalue weighted by Gasteiger charge is -2.37. The summed E-state index contributed by atoms with van der Waals surface area (Å²) < 4.78 is 34.4. The third-order valence-corrected chi connectivity index (χ3v) is 8.05. The van der Waals surface area contributed by atoms with Gasteiger partial charge in [0.15, 0.2) is 0 Å². The number of carbonyl (C=O) groups excluding carboxylic acids is 1. The van der Waals surface area contributed by atoms with E-state index in [-0.39, 0.29) is 17.3 Å². The van der Waals surface area contributed by atoms with Crippen LogP contribution in [-0.4, -0.2) is 59.1 Å². The zero-order chi connectivity index (χ0) is 24.1. The number of sulfonamides is 1. The van der Waals surface area contributed by atoms with E-state index in [0.29, 0.717) is 31.9 Å². The summed E-state index contributed by atoms with van der Waals surface area (Å²) in [7, 11) is -2.29. The molecule has 178 valence electrons. The van der Waals surface area contributed by atoms with Crippen LogP contribution in [0, 0.1) is 0 Å². The van der Waals surface area contributed by atoms with Gasteiger partial charge < -0.3 is 14.5 Å². The van der Waals surface area contributed by atoms with Crippen molar-refractivity contribution in [2.24, 2.45) is 0 Å². The van der Waals surface area contributed by atoms with Crippen LogP contribution in [0.3, 0.4) is 0 Å². The summed E-state index contributed by atoms with van der Waals surface area (Å²) >= 11 is 3.40. The lowest BCUT2D eigenvalue weighted by molar-refractivity contribution is -0.129. The van der Waals surface area contributed by atoms with Gasteiger partial charge in [-0.3, -0.25) is 9.10 Å². The number of ether oxygens (including phenoxy) is 1. The van der Waals surface area contributed by atoms with E-state index in [1.165, 1.54) is 16.4 Å². The van der Waals surface area contributed by atoms with Crippen molar-refractivity contribution in [1.29, 1.82) is 0 Å². The van der Waals surface area contributed by atoms with Crippen LogP contribution in [0.25, 0.3) is 0 Å². The van der Waals surface area contributed by atoms with Crippen LogP contribution in [0.4, 0.5) is 11.4 Å². The monoisotopic (exact) mass is 543 g/mol. The summed E-state index contributed by atoms with van der Waals surface area (Å²) in [6.07, 6.45) is 0. The molecule has 1 heterocycles. The molecule has 0 aliphatic carbocycles. The molecule has 0 N–H and O–H groups in total. The van der Waals surface area contributed by atoms with Gasteiger partial charge in [0.1, 0.15) is 12.3 Å². The molecule has 9 heteroatoms. The number of anilines is 2. The first kappa shape index (κ1) is 24.1. The molecule has 3 aromatic rings. The molecule has 0 spiro atoms. The lowest BCUT2D eigenvalue weighted by atomic mass is 10.2. The number of carbonyl (C=O) groups is 1. The topological polar surface area (TPSA) is 70.2 Å². The highest BCUT2D eigenvalue weighted by Gasteiger charge is 2.30. The smallest absolute Gasteiger partial charge is 0.264 e. The lowest BCUT2D eigenvalue weighted by Crippen LogP contribution is -2.52. The van der Waals surface area contributed by atoms with E-state index in [4.69, 9.17) is 4.74 Å². The predicted octanol–water partition coefficient (Wildman–Crippen LogP) is 4.00. The Balaban J connectivity index is 1.53. The molecule has 0 bridgehead atoms. The number of benzene rings is 3. The van der Waals surface area contributed by atoms with Crippen molar-refractivity contribution in [2.45, 2.75) is 4.90 Å². The number of halogens is 1. The number of amides is 1. The van der Waals surface area contributed by atoms with E-state index in [1.807, 2.05) is 30.3 Å². The SMILES string of the molecule is COc1ccccc1N1CCN(C(=O)CN(c2cccc(Br)c2)S(=O)(=O)c2ccccc2)CC1. The maximum absolute atomic E-state index is 13.5. The highest BCUT2D eigenvalue weighted by Crippen LogP contribution is 2.29.